The van der Waals surface area contributed by atoms with Gasteiger partial charge >= 0.3 is 0 Å². The average molecular weight is 600 g/mol. The van der Waals surface area contributed by atoms with Crippen molar-refractivity contribution in [3.05, 3.63) is 114 Å². The lowest BCUT2D eigenvalue weighted by atomic mass is 9.83. The molecule has 226 valence electrons. The Morgan fingerprint density at radius 3 is 2.64 bits per heavy atom. The number of aromatic nitrogens is 3. The van der Waals surface area contributed by atoms with Crippen molar-refractivity contribution in [2.24, 2.45) is 5.92 Å². The minimum Gasteiger partial charge on any atom is -0.396 e. The van der Waals surface area contributed by atoms with Crippen LogP contribution in [0.4, 0.5) is 17.1 Å². The molecule has 1 fully saturated rings. The monoisotopic (exact) mass is 599 g/mol. The lowest BCUT2D eigenvalue weighted by Crippen LogP contribution is -2.43. The Bertz CT molecular complexity index is 1970. The fourth-order valence-corrected chi connectivity index (χ4v) is 7.46. The average Bonchev–Trinajstić information content (AvgIpc) is 3.78. The number of benzene rings is 4. The zero-order chi connectivity index (χ0) is 30.7. The summed E-state index contributed by atoms with van der Waals surface area (Å²) in [5.74, 6) is -0.117. The van der Waals surface area contributed by atoms with E-state index in [-0.39, 0.29) is 30.4 Å². The van der Waals surface area contributed by atoms with E-state index >= 15 is 0 Å². The van der Waals surface area contributed by atoms with Crippen LogP contribution in [0.3, 0.4) is 0 Å². The number of para-hydroxylation sites is 1. The number of nitrogens with zero attached hydrogens (tertiary/aromatic N) is 5. The van der Waals surface area contributed by atoms with Gasteiger partial charge in [-0.1, -0.05) is 66.7 Å². The van der Waals surface area contributed by atoms with Gasteiger partial charge in [0.1, 0.15) is 0 Å². The Hall–Kier alpha value is -4.86. The number of hydrogen-bond acceptors (Lipinski definition) is 6. The number of carbonyl (C=O) groups is 2. The molecular formula is C36H33N5O4. The molecule has 3 aliphatic rings. The highest BCUT2D eigenvalue weighted by Gasteiger charge is 2.59. The maximum absolute atomic E-state index is 14.5. The Kier molecular flexibility index (Phi) is 6.54. The van der Waals surface area contributed by atoms with Gasteiger partial charge in [0, 0.05) is 48.3 Å². The number of amides is 2. The third-order valence-corrected chi connectivity index (χ3v) is 9.52. The molecule has 3 aliphatic heterocycles. The lowest BCUT2D eigenvalue weighted by molar-refractivity contribution is -0.146. The first-order chi connectivity index (χ1) is 22.0. The number of aliphatic hydroxyl groups is 1. The first-order valence-electron chi connectivity index (χ1n) is 15.5. The summed E-state index contributed by atoms with van der Waals surface area (Å²) >= 11 is 0. The molecule has 2 amide bonds. The van der Waals surface area contributed by atoms with E-state index < -0.39 is 5.60 Å². The van der Waals surface area contributed by atoms with Gasteiger partial charge in [0.2, 0.25) is 0 Å². The second-order valence-electron chi connectivity index (χ2n) is 12.2. The number of anilines is 3. The SMILES string of the molecule is C[C@H]1C[C@@H](CCn2cc(CCO)nn2)O[C@]12C(=O)N(Cc1cccc(N3C(=O)c4cccc5cccc3c45)c1)c1ccccc12. The van der Waals surface area contributed by atoms with Gasteiger partial charge in [-0.05, 0) is 54.1 Å². The van der Waals surface area contributed by atoms with E-state index in [1.807, 2.05) is 96.0 Å². The van der Waals surface area contributed by atoms with E-state index in [1.165, 1.54) is 0 Å². The van der Waals surface area contributed by atoms with Gasteiger partial charge in [-0.2, -0.15) is 0 Å². The summed E-state index contributed by atoms with van der Waals surface area (Å²) < 4.78 is 8.52. The molecule has 9 nitrogen and oxygen atoms in total. The molecule has 1 N–H and O–H groups in total. The van der Waals surface area contributed by atoms with Crippen LogP contribution in [0.5, 0.6) is 0 Å². The van der Waals surface area contributed by atoms with Crippen LogP contribution in [-0.4, -0.2) is 44.6 Å². The zero-order valence-electron chi connectivity index (χ0n) is 25.0. The van der Waals surface area contributed by atoms with Crippen LogP contribution in [-0.2, 0) is 34.6 Å². The summed E-state index contributed by atoms with van der Waals surface area (Å²) in [6.45, 7) is 3.11. The Morgan fingerprint density at radius 2 is 1.78 bits per heavy atom. The highest BCUT2D eigenvalue weighted by molar-refractivity contribution is 6.27. The molecular weight excluding hydrogens is 566 g/mol. The Balaban J connectivity index is 1.06. The summed E-state index contributed by atoms with van der Waals surface area (Å²) in [7, 11) is 0. The van der Waals surface area contributed by atoms with Crippen LogP contribution in [0.15, 0.2) is 91.1 Å². The lowest BCUT2D eigenvalue weighted by Gasteiger charge is -2.28. The molecule has 4 heterocycles. The van der Waals surface area contributed by atoms with Gasteiger partial charge in [-0.3, -0.25) is 19.2 Å². The van der Waals surface area contributed by atoms with Crippen molar-refractivity contribution in [1.82, 2.24) is 15.0 Å². The third-order valence-electron chi connectivity index (χ3n) is 9.52. The van der Waals surface area contributed by atoms with Crippen molar-refractivity contribution < 1.29 is 19.4 Å². The maximum Gasteiger partial charge on any atom is 0.264 e. The number of carbonyl (C=O) groups excluding carboxylic acids is 2. The molecule has 8 rings (SSSR count). The predicted molar refractivity (Wildman–Crippen MR) is 170 cm³/mol. The highest BCUT2D eigenvalue weighted by atomic mass is 16.5. The largest absolute Gasteiger partial charge is 0.396 e. The number of aliphatic hydroxyl groups excluding tert-OH is 1. The first-order valence-corrected chi connectivity index (χ1v) is 15.5. The molecule has 0 saturated carbocycles. The number of hydrogen-bond donors (Lipinski definition) is 1. The zero-order valence-corrected chi connectivity index (χ0v) is 25.0. The van der Waals surface area contributed by atoms with E-state index in [2.05, 4.69) is 17.2 Å². The fraction of sp³-hybridized carbons (Fsp3) is 0.278. The van der Waals surface area contributed by atoms with Gasteiger partial charge in [0.05, 0.1) is 35.3 Å². The third kappa shape index (κ3) is 4.29. The van der Waals surface area contributed by atoms with Crippen molar-refractivity contribution in [3.8, 4) is 0 Å². The molecule has 5 aromatic rings. The standard InChI is InChI=1S/C36H33N5O4/c1-23-19-28(15-17-39-22-26(16-18-42)37-38-39)45-36(23)30-12-2-3-13-31(30)40(35(36)44)21-24-7-4-10-27(20-24)41-32-14-6-9-25-8-5-11-29(33(25)32)34(41)43/h2-14,20,22-23,28,42H,15-19,21H2,1H3/t23-,28+,36+/m0/s1. The highest BCUT2D eigenvalue weighted by Crippen LogP contribution is 2.54. The van der Waals surface area contributed by atoms with Crippen LogP contribution in [0.1, 0.15) is 46.9 Å². The molecule has 1 aromatic heterocycles. The molecule has 45 heavy (non-hydrogen) atoms. The Labute approximate surface area is 260 Å². The van der Waals surface area contributed by atoms with Gasteiger partial charge in [0.15, 0.2) is 5.60 Å². The molecule has 1 saturated heterocycles. The van der Waals surface area contributed by atoms with Gasteiger partial charge < -0.3 is 14.7 Å². The number of fused-ring (bicyclic) bond motifs is 2. The minimum absolute atomic E-state index is 0.0191. The van der Waals surface area contributed by atoms with Crippen molar-refractivity contribution in [1.29, 1.82) is 0 Å². The van der Waals surface area contributed by atoms with Gasteiger partial charge in [-0.15, -0.1) is 5.10 Å². The van der Waals surface area contributed by atoms with Crippen molar-refractivity contribution >= 4 is 39.6 Å². The van der Waals surface area contributed by atoms with E-state index in [0.717, 1.165) is 51.1 Å². The van der Waals surface area contributed by atoms with E-state index in [4.69, 9.17) is 4.74 Å². The summed E-state index contributed by atoms with van der Waals surface area (Å²) in [5, 5.41) is 19.5. The van der Waals surface area contributed by atoms with E-state index in [0.29, 0.717) is 31.5 Å². The summed E-state index contributed by atoms with van der Waals surface area (Å²) in [6.07, 6.45) is 3.67. The van der Waals surface area contributed by atoms with E-state index in [1.54, 1.807) is 9.58 Å². The molecule has 3 atom stereocenters. The molecule has 1 spiro atoms. The second kappa shape index (κ2) is 10.6. The number of rotatable bonds is 8. The molecule has 0 unspecified atom stereocenters. The van der Waals surface area contributed by atoms with Gasteiger partial charge in [0.25, 0.3) is 11.8 Å². The van der Waals surface area contributed by atoms with Crippen molar-refractivity contribution in [3.63, 3.8) is 0 Å². The van der Waals surface area contributed by atoms with Crippen molar-refractivity contribution in [2.45, 2.75) is 51.0 Å². The molecule has 0 aliphatic carbocycles. The first kappa shape index (κ1) is 27.7. The van der Waals surface area contributed by atoms with Gasteiger partial charge in [-0.25, -0.2) is 0 Å². The van der Waals surface area contributed by atoms with Crippen LogP contribution >= 0.6 is 0 Å². The summed E-state index contributed by atoms with van der Waals surface area (Å²) in [4.78, 5) is 31.7. The molecule has 0 bridgehead atoms. The van der Waals surface area contributed by atoms with Crippen LogP contribution in [0.2, 0.25) is 0 Å². The van der Waals surface area contributed by atoms with Crippen LogP contribution < -0.4 is 9.80 Å². The molecule has 4 aromatic carbocycles. The molecule has 9 heteroatoms. The Morgan fingerprint density at radius 1 is 0.978 bits per heavy atom. The number of aryl methyl sites for hydroxylation is 1. The maximum atomic E-state index is 14.5. The second-order valence-corrected chi connectivity index (χ2v) is 12.2. The smallest absolute Gasteiger partial charge is 0.264 e. The van der Waals surface area contributed by atoms with Crippen molar-refractivity contribution in [2.75, 3.05) is 16.4 Å². The van der Waals surface area contributed by atoms with E-state index in [9.17, 15) is 14.7 Å². The normalized spacial score (nSPS) is 21.9. The minimum atomic E-state index is -1.05. The quantitative estimate of drug-likeness (QED) is 0.252. The molecule has 0 radical (unpaired) electrons. The summed E-state index contributed by atoms with van der Waals surface area (Å²) in [6, 6.07) is 27.7. The fourth-order valence-electron chi connectivity index (χ4n) is 7.46. The van der Waals surface area contributed by atoms with Crippen LogP contribution in [0.25, 0.3) is 10.8 Å². The number of ether oxygens (including phenoxy) is 1. The summed E-state index contributed by atoms with van der Waals surface area (Å²) in [5.41, 5.74) is 4.75. The predicted octanol–water partition coefficient (Wildman–Crippen LogP) is 5.52. The topological polar surface area (TPSA) is 101 Å². The van der Waals surface area contributed by atoms with Crippen LogP contribution in [0, 0.1) is 5.92 Å².